The van der Waals surface area contributed by atoms with Gasteiger partial charge in [0, 0.05) is 22.6 Å². The number of rotatable bonds is 4. The fourth-order valence-electron chi connectivity index (χ4n) is 3.51. The van der Waals surface area contributed by atoms with Gasteiger partial charge in [0.05, 0.1) is 10.5 Å². The van der Waals surface area contributed by atoms with Crippen LogP contribution in [0.3, 0.4) is 0 Å². The van der Waals surface area contributed by atoms with Crippen LogP contribution in [-0.2, 0) is 12.8 Å². The third-order valence-corrected chi connectivity index (χ3v) is 6.19. The molecule has 1 aliphatic rings. The molecule has 1 atom stereocenters. The summed E-state index contributed by atoms with van der Waals surface area (Å²) >= 11 is 1.45. The summed E-state index contributed by atoms with van der Waals surface area (Å²) in [5.41, 5.74) is 2.04. The molecule has 8 heteroatoms. The van der Waals surface area contributed by atoms with Crippen LogP contribution in [0.5, 0.6) is 0 Å². The van der Waals surface area contributed by atoms with Crippen molar-refractivity contribution in [2.75, 3.05) is 5.32 Å². The van der Waals surface area contributed by atoms with Crippen molar-refractivity contribution >= 4 is 27.9 Å². The minimum atomic E-state index is -0.483. The number of carbonyl (C=O) groups excluding carboxylic acids is 1. The topological polar surface area (TPSA) is 109 Å². The lowest BCUT2D eigenvalue weighted by Crippen LogP contribution is -2.11. The lowest BCUT2D eigenvalue weighted by Gasteiger charge is -2.17. The van der Waals surface area contributed by atoms with E-state index in [0.717, 1.165) is 29.7 Å². The zero-order chi connectivity index (χ0) is 20.5. The van der Waals surface area contributed by atoms with Crippen LogP contribution in [-0.4, -0.2) is 10.8 Å². The number of furan rings is 1. The standard InChI is InChI=1S/C21H17N3O4S/c1-12-5-6-15-16(11-22)21(29-19(15)9-12)23-20(25)18-8-7-17(28-18)13-3-2-4-14(10-13)24(26)27/h2-4,7-8,10,12H,5-6,9H2,1H3,(H,23,25)/t12-/m0/s1. The Hall–Kier alpha value is -3.44. The Morgan fingerprint density at radius 1 is 1.38 bits per heavy atom. The molecular formula is C21H17N3O4S. The van der Waals surface area contributed by atoms with Gasteiger partial charge >= 0.3 is 0 Å². The molecule has 0 aliphatic heterocycles. The average molecular weight is 407 g/mol. The molecule has 4 rings (SSSR count). The van der Waals surface area contributed by atoms with Crippen LogP contribution >= 0.6 is 11.3 Å². The Morgan fingerprint density at radius 2 is 2.21 bits per heavy atom. The van der Waals surface area contributed by atoms with Crippen molar-refractivity contribution in [1.29, 1.82) is 5.26 Å². The molecule has 0 unspecified atom stereocenters. The molecule has 2 aromatic heterocycles. The highest BCUT2D eigenvalue weighted by Crippen LogP contribution is 2.39. The van der Waals surface area contributed by atoms with E-state index in [1.54, 1.807) is 18.2 Å². The Labute approximate surface area is 170 Å². The summed E-state index contributed by atoms with van der Waals surface area (Å²) in [6.07, 6.45) is 2.81. The molecule has 0 bridgehead atoms. The zero-order valence-corrected chi connectivity index (χ0v) is 16.4. The first kappa shape index (κ1) is 18.9. The number of fused-ring (bicyclic) bond motifs is 1. The maximum Gasteiger partial charge on any atom is 0.292 e. The summed E-state index contributed by atoms with van der Waals surface area (Å²) in [6.45, 7) is 2.19. The number of nitrogens with one attached hydrogen (secondary N) is 1. The van der Waals surface area contributed by atoms with Crippen LogP contribution in [0.25, 0.3) is 11.3 Å². The van der Waals surface area contributed by atoms with Gasteiger partial charge in [-0.2, -0.15) is 5.26 Å². The van der Waals surface area contributed by atoms with Gasteiger partial charge in [-0.05, 0) is 42.9 Å². The van der Waals surface area contributed by atoms with Crippen LogP contribution < -0.4 is 5.32 Å². The minimum absolute atomic E-state index is 0.0537. The average Bonchev–Trinajstić information content (AvgIpc) is 3.32. The van der Waals surface area contributed by atoms with E-state index in [1.165, 1.54) is 29.5 Å². The largest absolute Gasteiger partial charge is 0.451 e. The van der Waals surface area contributed by atoms with Crippen LogP contribution in [0.1, 0.15) is 39.9 Å². The van der Waals surface area contributed by atoms with E-state index in [2.05, 4.69) is 18.3 Å². The lowest BCUT2D eigenvalue weighted by molar-refractivity contribution is -0.384. The summed E-state index contributed by atoms with van der Waals surface area (Å²) in [5, 5.41) is 23.9. The fourth-order valence-corrected chi connectivity index (χ4v) is 4.87. The smallest absolute Gasteiger partial charge is 0.292 e. The molecule has 0 saturated carbocycles. The van der Waals surface area contributed by atoms with Gasteiger partial charge in [-0.25, -0.2) is 0 Å². The maximum atomic E-state index is 12.7. The second-order valence-electron chi connectivity index (χ2n) is 7.09. The van der Waals surface area contributed by atoms with Gasteiger partial charge in [0.25, 0.3) is 11.6 Å². The van der Waals surface area contributed by atoms with E-state index in [4.69, 9.17) is 4.42 Å². The van der Waals surface area contributed by atoms with E-state index in [9.17, 15) is 20.2 Å². The first-order valence-corrected chi connectivity index (χ1v) is 9.98. The first-order chi connectivity index (χ1) is 14.0. The van der Waals surface area contributed by atoms with Crippen molar-refractivity contribution in [1.82, 2.24) is 0 Å². The van der Waals surface area contributed by atoms with Gasteiger partial charge < -0.3 is 9.73 Å². The molecule has 1 aromatic carbocycles. The third-order valence-electron chi connectivity index (χ3n) is 5.02. The van der Waals surface area contributed by atoms with Crippen molar-refractivity contribution < 1.29 is 14.1 Å². The zero-order valence-electron chi connectivity index (χ0n) is 15.6. The van der Waals surface area contributed by atoms with E-state index in [1.807, 2.05) is 0 Å². The van der Waals surface area contributed by atoms with Crippen molar-refractivity contribution in [3.8, 4) is 17.4 Å². The molecule has 0 spiro atoms. The van der Waals surface area contributed by atoms with Crippen molar-refractivity contribution in [3.63, 3.8) is 0 Å². The summed E-state index contributed by atoms with van der Waals surface area (Å²) in [4.78, 5) is 24.3. The van der Waals surface area contributed by atoms with Gasteiger partial charge in [0.1, 0.15) is 16.8 Å². The molecule has 1 aliphatic carbocycles. The van der Waals surface area contributed by atoms with E-state index < -0.39 is 10.8 Å². The fraction of sp³-hybridized carbons (Fsp3) is 0.238. The number of nitro groups is 1. The van der Waals surface area contributed by atoms with E-state index in [0.29, 0.717) is 27.8 Å². The first-order valence-electron chi connectivity index (χ1n) is 9.17. The molecule has 0 saturated heterocycles. The number of nitriles is 1. The Balaban J connectivity index is 1.57. The highest BCUT2D eigenvalue weighted by molar-refractivity contribution is 7.16. The second-order valence-corrected chi connectivity index (χ2v) is 8.20. The normalized spacial score (nSPS) is 15.4. The van der Waals surface area contributed by atoms with E-state index in [-0.39, 0.29) is 11.4 Å². The van der Waals surface area contributed by atoms with Crippen molar-refractivity contribution in [3.05, 3.63) is 68.3 Å². The Morgan fingerprint density at radius 3 is 2.97 bits per heavy atom. The SMILES string of the molecule is C[C@H]1CCc2c(sc(NC(=O)c3ccc(-c4cccc([N+](=O)[O-])c4)o3)c2C#N)C1. The molecule has 0 fully saturated rings. The van der Waals surface area contributed by atoms with Gasteiger partial charge in [0.15, 0.2) is 5.76 Å². The monoisotopic (exact) mass is 407 g/mol. The summed E-state index contributed by atoms with van der Waals surface area (Å²) in [5.74, 6) is 0.553. The number of hydrogen-bond donors (Lipinski definition) is 1. The molecule has 2 heterocycles. The molecule has 146 valence electrons. The molecular weight excluding hydrogens is 390 g/mol. The third kappa shape index (κ3) is 3.65. The number of nitrogens with zero attached hydrogens (tertiary/aromatic N) is 2. The van der Waals surface area contributed by atoms with Crippen molar-refractivity contribution in [2.24, 2.45) is 5.92 Å². The summed E-state index contributed by atoms with van der Waals surface area (Å²) < 4.78 is 5.62. The van der Waals surface area contributed by atoms with Crippen LogP contribution in [0, 0.1) is 27.4 Å². The predicted molar refractivity (Wildman–Crippen MR) is 109 cm³/mol. The van der Waals surface area contributed by atoms with Crippen LogP contribution in [0.4, 0.5) is 10.7 Å². The van der Waals surface area contributed by atoms with Gasteiger partial charge in [0.2, 0.25) is 0 Å². The Kier molecular flexibility index (Phi) is 4.91. The summed E-state index contributed by atoms with van der Waals surface area (Å²) in [6, 6.07) is 11.4. The van der Waals surface area contributed by atoms with Crippen LogP contribution in [0.15, 0.2) is 40.8 Å². The summed E-state index contributed by atoms with van der Waals surface area (Å²) in [7, 11) is 0. The molecule has 29 heavy (non-hydrogen) atoms. The minimum Gasteiger partial charge on any atom is -0.451 e. The molecule has 1 N–H and O–H groups in total. The second kappa shape index (κ2) is 7.53. The number of nitro benzene ring substituents is 1. The van der Waals surface area contributed by atoms with Crippen molar-refractivity contribution in [2.45, 2.75) is 26.2 Å². The number of amides is 1. The number of thiophene rings is 1. The molecule has 1 amide bonds. The molecule has 3 aromatic rings. The van der Waals surface area contributed by atoms with Gasteiger partial charge in [-0.3, -0.25) is 14.9 Å². The number of non-ortho nitro benzene ring substituents is 1. The van der Waals surface area contributed by atoms with Gasteiger partial charge in [-0.15, -0.1) is 11.3 Å². The lowest BCUT2D eigenvalue weighted by atomic mass is 9.89. The Bertz CT molecular complexity index is 1160. The van der Waals surface area contributed by atoms with Gasteiger partial charge in [-0.1, -0.05) is 19.1 Å². The highest BCUT2D eigenvalue weighted by atomic mass is 32.1. The highest BCUT2D eigenvalue weighted by Gasteiger charge is 2.25. The number of hydrogen-bond acceptors (Lipinski definition) is 6. The van der Waals surface area contributed by atoms with E-state index >= 15 is 0 Å². The molecule has 7 nitrogen and oxygen atoms in total. The number of benzene rings is 1. The quantitative estimate of drug-likeness (QED) is 0.474. The molecule has 0 radical (unpaired) electrons. The van der Waals surface area contributed by atoms with Crippen LogP contribution in [0.2, 0.25) is 0 Å². The maximum absolute atomic E-state index is 12.7. The number of carbonyl (C=O) groups is 1. The number of anilines is 1. The predicted octanol–water partition coefficient (Wildman–Crippen LogP) is 5.17.